The van der Waals surface area contributed by atoms with Crippen molar-refractivity contribution in [3.63, 3.8) is 0 Å². The lowest BCUT2D eigenvalue weighted by Crippen LogP contribution is -2.32. The highest BCUT2D eigenvalue weighted by molar-refractivity contribution is 5.96. The number of halogens is 3. The van der Waals surface area contributed by atoms with Gasteiger partial charge >= 0.3 is 6.18 Å². The van der Waals surface area contributed by atoms with Gasteiger partial charge in [0.05, 0.1) is 19.8 Å². The van der Waals surface area contributed by atoms with Gasteiger partial charge in [0.15, 0.2) is 11.5 Å². The highest BCUT2D eigenvalue weighted by atomic mass is 19.4. The molecular weight excluding hydrogens is 361 g/mol. The number of anilines is 2. The van der Waals surface area contributed by atoms with E-state index in [1.807, 2.05) is 6.92 Å². The molecule has 2 aromatic rings. The van der Waals surface area contributed by atoms with Gasteiger partial charge in [0.25, 0.3) is 0 Å². The first-order chi connectivity index (χ1) is 12.7. The molecular formula is C19H21F3N2O3. The van der Waals surface area contributed by atoms with Crippen molar-refractivity contribution in [3.05, 3.63) is 47.5 Å². The van der Waals surface area contributed by atoms with Gasteiger partial charge in [-0.1, -0.05) is 0 Å². The van der Waals surface area contributed by atoms with Gasteiger partial charge in [0, 0.05) is 17.4 Å². The van der Waals surface area contributed by atoms with Crippen LogP contribution in [0.1, 0.15) is 18.1 Å². The second-order valence-corrected chi connectivity index (χ2v) is 5.95. The second-order valence-electron chi connectivity index (χ2n) is 5.95. The minimum absolute atomic E-state index is 0.283. The molecule has 146 valence electrons. The lowest BCUT2D eigenvalue weighted by atomic mass is 10.1. The monoisotopic (exact) mass is 382 g/mol. The van der Waals surface area contributed by atoms with Crippen LogP contribution in [0.2, 0.25) is 0 Å². The van der Waals surface area contributed by atoms with Gasteiger partial charge < -0.3 is 20.1 Å². The number of methoxy groups -OCH3 is 2. The Kier molecular flexibility index (Phi) is 6.20. The quantitative estimate of drug-likeness (QED) is 0.774. The van der Waals surface area contributed by atoms with Gasteiger partial charge in [0.2, 0.25) is 5.91 Å². The van der Waals surface area contributed by atoms with Crippen LogP contribution in [0.25, 0.3) is 0 Å². The van der Waals surface area contributed by atoms with Gasteiger partial charge in [0.1, 0.15) is 6.04 Å². The maximum Gasteiger partial charge on any atom is 0.416 e. The fourth-order valence-corrected chi connectivity index (χ4v) is 2.43. The Balaban J connectivity index is 2.08. The number of aryl methyl sites for hydroxylation is 1. The molecule has 2 N–H and O–H groups in total. The maximum absolute atomic E-state index is 12.6. The van der Waals surface area contributed by atoms with Gasteiger partial charge in [-0.25, -0.2) is 0 Å². The highest BCUT2D eigenvalue weighted by Crippen LogP contribution is 2.33. The van der Waals surface area contributed by atoms with Gasteiger partial charge in [-0.3, -0.25) is 4.79 Å². The van der Waals surface area contributed by atoms with E-state index < -0.39 is 17.8 Å². The summed E-state index contributed by atoms with van der Waals surface area (Å²) >= 11 is 0. The predicted molar refractivity (Wildman–Crippen MR) is 97.4 cm³/mol. The van der Waals surface area contributed by atoms with E-state index in [-0.39, 0.29) is 11.6 Å². The molecule has 2 rings (SSSR count). The number of alkyl halides is 3. The zero-order valence-corrected chi connectivity index (χ0v) is 15.4. The van der Waals surface area contributed by atoms with Crippen LogP contribution >= 0.6 is 0 Å². The van der Waals surface area contributed by atoms with Crippen molar-refractivity contribution < 1.29 is 27.4 Å². The number of carbonyl (C=O) groups is 1. The van der Waals surface area contributed by atoms with Crippen molar-refractivity contribution >= 4 is 17.3 Å². The van der Waals surface area contributed by atoms with E-state index in [2.05, 4.69) is 10.6 Å². The molecule has 0 radical (unpaired) electrons. The van der Waals surface area contributed by atoms with E-state index in [1.54, 1.807) is 19.1 Å². The highest BCUT2D eigenvalue weighted by Gasteiger charge is 2.30. The summed E-state index contributed by atoms with van der Waals surface area (Å²) in [5, 5.41) is 5.65. The van der Waals surface area contributed by atoms with Gasteiger partial charge in [-0.2, -0.15) is 13.2 Å². The fraction of sp³-hybridized carbons (Fsp3) is 0.316. The molecule has 0 aliphatic rings. The molecule has 0 aliphatic heterocycles. The minimum Gasteiger partial charge on any atom is -0.493 e. The molecule has 2 aromatic carbocycles. The molecule has 1 atom stereocenters. The third-order valence-corrected chi connectivity index (χ3v) is 3.98. The van der Waals surface area contributed by atoms with Crippen LogP contribution < -0.4 is 20.1 Å². The average molecular weight is 382 g/mol. The van der Waals surface area contributed by atoms with E-state index in [0.29, 0.717) is 17.2 Å². The number of rotatable bonds is 6. The van der Waals surface area contributed by atoms with E-state index in [0.717, 1.165) is 17.7 Å². The molecule has 0 aliphatic carbocycles. The van der Waals surface area contributed by atoms with Crippen molar-refractivity contribution in [1.82, 2.24) is 0 Å². The number of ether oxygens (including phenoxy) is 2. The molecule has 0 aromatic heterocycles. The summed E-state index contributed by atoms with van der Waals surface area (Å²) in [5.41, 5.74) is 1.04. The Labute approximate surface area is 155 Å². The molecule has 0 saturated carbocycles. The number of hydrogen-bond donors (Lipinski definition) is 2. The first-order valence-corrected chi connectivity index (χ1v) is 8.13. The predicted octanol–water partition coefficient (Wildman–Crippen LogP) is 4.47. The SMILES string of the molecule is COc1cc(C)c(NC(C)C(=O)Nc2ccc(C(F)(F)F)cc2)cc1OC. The Morgan fingerprint density at radius 1 is 1.04 bits per heavy atom. The number of hydrogen-bond acceptors (Lipinski definition) is 4. The minimum atomic E-state index is -4.41. The van der Waals surface area contributed by atoms with Crippen molar-refractivity contribution in [2.75, 3.05) is 24.9 Å². The summed E-state index contributed by atoms with van der Waals surface area (Å²) in [7, 11) is 3.04. The molecule has 0 saturated heterocycles. The average Bonchev–Trinajstić information content (AvgIpc) is 2.62. The zero-order valence-electron chi connectivity index (χ0n) is 15.4. The Hall–Kier alpha value is -2.90. The number of benzene rings is 2. The van der Waals surface area contributed by atoms with Crippen LogP contribution in [-0.2, 0) is 11.0 Å². The summed E-state index contributed by atoms with van der Waals surface area (Å²) in [6.07, 6.45) is -4.41. The molecule has 1 unspecified atom stereocenters. The largest absolute Gasteiger partial charge is 0.493 e. The van der Waals surface area contributed by atoms with Gasteiger partial charge in [-0.05, 0) is 49.7 Å². The molecule has 0 heterocycles. The third kappa shape index (κ3) is 5.06. The summed E-state index contributed by atoms with van der Waals surface area (Å²) < 4.78 is 48.2. The molecule has 0 spiro atoms. The standard InChI is InChI=1S/C19H21F3N2O3/c1-11-9-16(26-3)17(27-4)10-15(11)23-12(2)18(25)24-14-7-5-13(6-8-14)19(20,21)22/h5-10,12,23H,1-4H3,(H,24,25). The Bertz CT molecular complexity index is 805. The van der Waals surface area contributed by atoms with Crippen LogP contribution in [0.3, 0.4) is 0 Å². The summed E-state index contributed by atoms with van der Waals surface area (Å²) in [6, 6.07) is 7.14. The van der Waals surface area contributed by atoms with E-state index in [1.165, 1.54) is 26.4 Å². The van der Waals surface area contributed by atoms with E-state index >= 15 is 0 Å². The summed E-state index contributed by atoms with van der Waals surface area (Å²) in [4.78, 5) is 12.3. The van der Waals surface area contributed by atoms with E-state index in [9.17, 15) is 18.0 Å². The molecule has 27 heavy (non-hydrogen) atoms. The van der Waals surface area contributed by atoms with Crippen molar-refractivity contribution in [1.29, 1.82) is 0 Å². The fourth-order valence-electron chi connectivity index (χ4n) is 2.43. The lowest BCUT2D eigenvalue weighted by molar-refractivity contribution is -0.137. The first-order valence-electron chi connectivity index (χ1n) is 8.13. The molecule has 0 bridgehead atoms. The number of carbonyl (C=O) groups excluding carboxylic acids is 1. The Morgan fingerprint density at radius 2 is 1.59 bits per heavy atom. The number of amides is 1. The van der Waals surface area contributed by atoms with Crippen LogP contribution in [0, 0.1) is 6.92 Å². The molecule has 1 amide bonds. The maximum atomic E-state index is 12.6. The third-order valence-electron chi connectivity index (χ3n) is 3.98. The zero-order chi connectivity index (χ0) is 20.2. The van der Waals surface area contributed by atoms with Crippen molar-refractivity contribution in [2.45, 2.75) is 26.1 Å². The lowest BCUT2D eigenvalue weighted by Gasteiger charge is -2.19. The van der Waals surface area contributed by atoms with Crippen molar-refractivity contribution in [3.8, 4) is 11.5 Å². The van der Waals surface area contributed by atoms with Crippen LogP contribution in [0.15, 0.2) is 36.4 Å². The second kappa shape index (κ2) is 8.20. The van der Waals surface area contributed by atoms with E-state index in [4.69, 9.17) is 9.47 Å². The van der Waals surface area contributed by atoms with Crippen LogP contribution in [0.4, 0.5) is 24.5 Å². The Morgan fingerprint density at radius 3 is 2.11 bits per heavy atom. The molecule has 8 heteroatoms. The normalized spacial score (nSPS) is 12.3. The van der Waals surface area contributed by atoms with Crippen LogP contribution in [-0.4, -0.2) is 26.2 Å². The topological polar surface area (TPSA) is 59.6 Å². The smallest absolute Gasteiger partial charge is 0.416 e. The summed E-state index contributed by atoms with van der Waals surface area (Å²) in [5.74, 6) is 0.701. The van der Waals surface area contributed by atoms with Crippen LogP contribution in [0.5, 0.6) is 11.5 Å². The first kappa shape index (κ1) is 20.4. The van der Waals surface area contributed by atoms with Crippen molar-refractivity contribution in [2.24, 2.45) is 0 Å². The summed E-state index contributed by atoms with van der Waals surface area (Å²) in [6.45, 7) is 3.50. The number of nitrogens with one attached hydrogen (secondary N) is 2. The molecule has 5 nitrogen and oxygen atoms in total. The molecule has 0 fully saturated rings. The van der Waals surface area contributed by atoms with Gasteiger partial charge in [-0.15, -0.1) is 0 Å².